The lowest BCUT2D eigenvalue weighted by Gasteiger charge is -2.27. The number of nitrogens with zero attached hydrogens (tertiary/aromatic N) is 3. The van der Waals surface area contributed by atoms with E-state index in [0.717, 1.165) is 19.6 Å². The zero-order valence-corrected chi connectivity index (χ0v) is 10.7. The van der Waals surface area contributed by atoms with E-state index in [9.17, 15) is 4.79 Å². The Bertz CT molecular complexity index is 419. The van der Waals surface area contributed by atoms with Crippen molar-refractivity contribution in [3.05, 3.63) is 22.7 Å². The summed E-state index contributed by atoms with van der Waals surface area (Å²) in [6.07, 6.45) is 7.13. The maximum Gasteiger partial charge on any atom is 0.293 e. The zero-order chi connectivity index (χ0) is 12.3. The van der Waals surface area contributed by atoms with Crippen molar-refractivity contribution in [2.45, 2.75) is 39.7 Å². The second-order valence-corrected chi connectivity index (χ2v) is 5.15. The van der Waals surface area contributed by atoms with Crippen LogP contribution in [0.25, 0.3) is 0 Å². The molecule has 0 aliphatic carbocycles. The van der Waals surface area contributed by atoms with Crippen LogP contribution in [0.2, 0.25) is 0 Å². The molecule has 0 radical (unpaired) electrons. The van der Waals surface area contributed by atoms with Crippen LogP contribution in [0.5, 0.6) is 0 Å². The summed E-state index contributed by atoms with van der Waals surface area (Å²) >= 11 is 0. The molecule has 4 heteroatoms. The van der Waals surface area contributed by atoms with Gasteiger partial charge in [0.15, 0.2) is 5.82 Å². The second kappa shape index (κ2) is 5.34. The molecule has 1 aromatic rings. The van der Waals surface area contributed by atoms with Crippen LogP contribution in [0, 0.1) is 5.92 Å². The normalized spacial score (nSPS) is 16.5. The van der Waals surface area contributed by atoms with E-state index in [2.05, 4.69) is 23.7 Å². The van der Waals surface area contributed by atoms with Crippen LogP contribution in [0.1, 0.15) is 33.1 Å². The van der Waals surface area contributed by atoms with E-state index in [1.807, 2.05) is 0 Å². The van der Waals surface area contributed by atoms with Gasteiger partial charge in [-0.3, -0.25) is 4.79 Å². The lowest BCUT2D eigenvalue weighted by molar-refractivity contribution is 0.504. The van der Waals surface area contributed by atoms with E-state index >= 15 is 0 Å². The highest BCUT2D eigenvalue weighted by Gasteiger charge is 2.16. The fraction of sp³-hybridized carbons (Fsp3) is 0.692. The Hall–Kier alpha value is -1.32. The minimum Gasteiger partial charge on any atom is -0.352 e. The predicted molar refractivity (Wildman–Crippen MR) is 69.4 cm³/mol. The summed E-state index contributed by atoms with van der Waals surface area (Å²) in [6.45, 7) is 6.94. The van der Waals surface area contributed by atoms with Gasteiger partial charge in [0, 0.05) is 32.0 Å². The SMILES string of the molecule is CC(C)Cn1ccnc(N2CCCCC2)c1=O. The van der Waals surface area contributed by atoms with Crippen molar-refractivity contribution >= 4 is 5.82 Å². The first-order chi connectivity index (χ1) is 8.18. The van der Waals surface area contributed by atoms with E-state index in [1.54, 1.807) is 17.0 Å². The zero-order valence-electron chi connectivity index (χ0n) is 10.7. The minimum absolute atomic E-state index is 0.0584. The summed E-state index contributed by atoms with van der Waals surface area (Å²) in [5.74, 6) is 1.11. The average Bonchev–Trinajstić information content (AvgIpc) is 2.32. The molecular weight excluding hydrogens is 214 g/mol. The maximum atomic E-state index is 12.3. The summed E-state index contributed by atoms with van der Waals surface area (Å²) < 4.78 is 1.78. The number of hydrogen-bond acceptors (Lipinski definition) is 3. The van der Waals surface area contributed by atoms with Crippen molar-refractivity contribution in [3.63, 3.8) is 0 Å². The van der Waals surface area contributed by atoms with Crippen LogP contribution in [0.3, 0.4) is 0 Å². The number of piperidine rings is 1. The van der Waals surface area contributed by atoms with Gasteiger partial charge in [-0.15, -0.1) is 0 Å². The van der Waals surface area contributed by atoms with Gasteiger partial charge in [0.25, 0.3) is 5.56 Å². The van der Waals surface area contributed by atoms with Crippen LogP contribution in [0.15, 0.2) is 17.2 Å². The van der Waals surface area contributed by atoms with Gasteiger partial charge in [0.1, 0.15) is 0 Å². The smallest absolute Gasteiger partial charge is 0.293 e. The van der Waals surface area contributed by atoms with Gasteiger partial charge in [-0.2, -0.15) is 0 Å². The molecule has 1 saturated heterocycles. The van der Waals surface area contributed by atoms with Crippen molar-refractivity contribution in [1.29, 1.82) is 0 Å². The molecule has 2 rings (SSSR count). The molecule has 4 nitrogen and oxygen atoms in total. The van der Waals surface area contributed by atoms with Crippen LogP contribution < -0.4 is 10.5 Å². The van der Waals surface area contributed by atoms with E-state index in [1.165, 1.54) is 19.3 Å². The third-order valence-electron chi connectivity index (χ3n) is 3.11. The van der Waals surface area contributed by atoms with Crippen molar-refractivity contribution in [1.82, 2.24) is 9.55 Å². The third kappa shape index (κ3) is 2.87. The van der Waals surface area contributed by atoms with Crippen molar-refractivity contribution in [2.75, 3.05) is 18.0 Å². The predicted octanol–water partition coefficient (Wildman–Crippen LogP) is 1.89. The molecule has 1 fully saturated rings. The molecule has 2 heterocycles. The molecule has 1 aliphatic heterocycles. The second-order valence-electron chi connectivity index (χ2n) is 5.15. The highest BCUT2D eigenvalue weighted by atomic mass is 16.1. The average molecular weight is 235 g/mol. The Kier molecular flexibility index (Phi) is 3.82. The van der Waals surface area contributed by atoms with E-state index in [0.29, 0.717) is 11.7 Å². The Morgan fingerprint density at radius 2 is 2.00 bits per heavy atom. The molecule has 94 valence electrons. The summed E-state index contributed by atoms with van der Waals surface area (Å²) in [5.41, 5.74) is 0.0584. The van der Waals surface area contributed by atoms with E-state index in [4.69, 9.17) is 0 Å². The third-order valence-corrected chi connectivity index (χ3v) is 3.11. The van der Waals surface area contributed by atoms with Gasteiger partial charge in [0.2, 0.25) is 0 Å². The van der Waals surface area contributed by atoms with Crippen LogP contribution in [0.4, 0.5) is 5.82 Å². The van der Waals surface area contributed by atoms with Gasteiger partial charge in [-0.25, -0.2) is 4.98 Å². The maximum absolute atomic E-state index is 12.3. The Labute approximate surface area is 102 Å². The Morgan fingerprint density at radius 1 is 1.29 bits per heavy atom. The first-order valence-corrected chi connectivity index (χ1v) is 6.49. The summed E-state index contributed by atoms with van der Waals surface area (Å²) in [4.78, 5) is 18.7. The highest BCUT2D eigenvalue weighted by molar-refractivity contribution is 5.35. The molecule has 0 aromatic carbocycles. The summed E-state index contributed by atoms with van der Waals surface area (Å²) in [7, 11) is 0. The van der Waals surface area contributed by atoms with Crippen LogP contribution >= 0.6 is 0 Å². The van der Waals surface area contributed by atoms with Crippen LogP contribution in [-0.4, -0.2) is 22.6 Å². The molecule has 0 spiro atoms. The molecule has 0 unspecified atom stereocenters. The van der Waals surface area contributed by atoms with Crippen molar-refractivity contribution in [2.24, 2.45) is 5.92 Å². The molecule has 0 bridgehead atoms. The van der Waals surface area contributed by atoms with Gasteiger partial charge in [-0.05, 0) is 25.2 Å². The molecular formula is C13H21N3O. The lowest BCUT2D eigenvalue weighted by atomic mass is 10.1. The number of anilines is 1. The van der Waals surface area contributed by atoms with Gasteiger partial charge < -0.3 is 9.47 Å². The first-order valence-electron chi connectivity index (χ1n) is 6.49. The lowest BCUT2D eigenvalue weighted by Crippen LogP contribution is -2.37. The van der Waals surface area contributed by atoms with Crippen LogP contribution in [-0.2, 0) is 6.54 Å². The number of aromatic nitrogens is 2. The minimum atomic E-state index is 0.0584. The monoisotopic (exact) mass is 235 g/mol. The quantitative estimate of drug-likeness (QED) is 0.803. The highest BCUT2D eigenvalue weighted by Crippen LogP contribution is 2.13. The standard InChI is InChI=1S/C13H21N3O/c1-11(2)10-16-9-6-14-12(13(16)17)15-7-4-3-5-8-15/h6,9,11H,3-5,7-8,10H2,1-2H3. The molecule has 0 amide bonds. The van der Waals surface area contributed by atoms with Crippen molar-refractivity contribution < 1.29 is 0 Å². The van der Waals surface area contributed by atoms with E-state index < -0.39 is 0 Å². The van der Waals surface area contributed by atoms with Crippen molar-refractivity contribution in [3.8, 4) is 0 Å². The van der Waals surface area contributed by atoms with Gasteiger partial charge >= 0.3 is 0 Å². The van der Waals surface area contributed by atoms with Gasteiger partial charge in [0.05, 0.1) is 0 Å². The number of hydrogen-bond donors (Lipinski definition) is 0. The fourth-order valence-corrected chi connectivity index (χ4v) is 2.30. The molecule has 1 aromatic heterocycles. The summed E-state index contributed by atoms with van der Waals surface area (Å²) in [5, 5.41) is 0. The van der Waals surface area contributed by atoms with Gasteiger partial charge in [-0.1, -0.05) is 13.8 Å². The Balaban J connectivity index is 2.25. The molecule has 0 atom stereocenters. The largest absolute Gasteiger partial charge is 0.352 e. The Morgan fingerprint density at radius 3 is 2.65 bits per heavy atom. The number of rotatable bonds is 3. The van der Waals surface area contributed by atoms with E-state index in [-0.39, 0.29) is 5.56 Å². The fourth-order valence-electron chi connectivity index (χ4n) is 2.30. The molecule has 1 aliphatic rings. The molecule has 0 N–H and O–H groups in total. The molecule has 0 saturated carbocycles. The summed E-state index contributed by atoms with van der Waals surface area (Å²) in [6, 6.07) is 0. The topological polar surface area (TPSA) is 38.1 Å². The first kappa shape index (κ1) is 12.1. The molecule has 17 heavy (non-hydrogen) atoms.